The summed E-state index contributed by atoms with van der Waals surface area (Å²) in [5.41, 5.74) is 6.33. The Morgan fingerprint density at radius 3 is 1.12 bits per heavy atom. The fourth-order valence-corrected chi connectivity index (χ4v) is 3.11. The molecule has 0 radical (unpaired) electrons. The Bertz CT molecular complexity index is 912. The summed E-state index contributed by atoms with van der Waals surface area (Å²) in [5, 5.41) is 9.25. The van der Waals surface area contributed by atoms with Gasteiger partial charge in [-0.25, -0.2) is 0 Å². The van der Waals surface area contributed by atoms with Crippen LogP contribution in [-0.4, -0.2) is 10.0 Å². The molecular formula is C30H35NO. The van der Waals surface area contributed by atoms with E-state index in [-0.39, 0.29) is 6.61 Å². The van der Waals surface area contributed by atoms with Gasteiger partial charge in [-0.1, -0.05) is 88.1 Å². The average molecular weight is 426 g/mol. The molecule has 2 nitrogen and oxygen atoms in total. The van der Waals surface area contributed by atoms with Crippen molar-refractivity contribution < 1.29 is 5.11 Å². The first-order chi connectivity index (χ1) is 15.7. The third-order valence-corrected chi connectivity index (χ3v) is 4.67. The maximum Gasteiger partial charge on any atom is 0.0681 e. The average Bonchev–Trinajstić information content (AvgIpc) is 2.88. The lowest BCUT2D eigenvalue weighted by molar-refractivity contribution is 0.247. The second-order valence-electron chi connectivity index (χ2n) is 6.80. The molecule has 0 amide bonds. The van der Waals surface area contributed by atoms with Crippen LogP contribution in [0.25, 0.3) is 0 Å². The molecule has 32 heavy (non-hydrogen) atoms. The fourth-order valence-electron chi connectivity index (χ4n) is 3.11. The lowest BCUT2D eigenvalue weighted by Crippen LogP contribution is -2.22. The molecule has 0 aromatic heterocycles. The molecule has 2 heteroatoms. The summed E-state index contributed by atoms with van der Waals surface area (Å²) in [4.78, 5) is 2.38. The van der Waals surface area contributed by atoms with Crippen LogP contribution in [0.4, 0.5) is 0 Å². The summed E-state index contributed by atoms with van der Waals surface area (Å²) < 4.78 is 0. The molecule has 0 heterocycles. The largest absolute Gasteiger partial charge is 0.392 e. The Balaban J connectivity index is 0.00000121. The molecular weight excluding hydrogens is 390 g/mol. The zero-order chi connectivity index (χ0) is 23.8. The van der Waals surface area contributed by atoms with Crippen LogP contribution in [0.15, 0.2) is 72.8 Å². The lowest BCUT2D eigenvalue weighted by Gasteiger charge is -2.23. The Labute approximate surface area is 194 Å². The van der Waals surface area contributed by atoms with Gasteiger partial charge in [0.2, 0.25) is 0 Å². The molecule has 0 bridgehead atoms. The highest BCUT2D eigenvalue weighted by Gasteiger charge is 2.09. The van der Waals surface area contributed by atoms with Gasteiger partial charge in [0.25, 0.3) is 0 Å². The molecule has 1 N–H and O–H groups in total. The maximum absolute atomic E-state index is 9.25. The smallest absolute Gasteiger partial charge is 0.0681 e. The highest BCUT2D eigenvalue weighted by molar-refractivity contribution is 5.35. The van der Waals surface area contributed by atoms with Crippen LogP contribution in [0.5, 0.6) is 0 Å². The van der Waals surface area contributed by atoms with E-state index < -0.39 is 0 Å². The van der Waals surface area contributed by atoms with E-state index >= 15 is 0 Å². The molecule has 0 unspecified atom stereocenters. The normalized spacial score (nSPS) is 9.50. The molecule has 166 valence electrons. The summed E-state index contributed by atoms with van der Waals surface area (Å²) in [6.45, 7) is 10.5. The van der Waals surface area contributed by atoms with Crippen LogP contribution in [0.3, 0.4) is 0 Å². The van der Waals surface area contributed by atoms with Crippen molar-refractivity contribution in [3.8, 4) is 24.7 Å². The molecule has 3 aromatic rings. The molecule has 3 rings (SSSR count). The van der Waals surface area contributed by atoms with Crippen molar-refractivity contribution >= 4 is 0 Å². The fraction of sp³-hybridized carbons (Fsp3) is 0.267. The van der Waals surface area contributed by atoms with Gasteiger partial charge < -0.3 is 5.11 Å². The van der Waals surface area contributed by atoms with E-state index in [1.807, 2.05) is 64.1 Å². The van der Waals surface area contributed by atoms with E-state index in [0.29, 0.717) is 0 Å². The molecule has 3 aromatic carbocycles. The first-order valence-corrected chi connectivity index (χ1v) is 11.2. The predicted octanol–water partition coefficient (Wildman–Crippen LogP) is 6.40. The van der Waals surface area contributed by atoms with Gasteiger partial charge in [-0.05, 0) is 46.5 Å². The number of rotatable bonds is 7. The maximum atomic E-state index is 9.25. The van der Waals surface area contributed by atoms with Crippen molar-refractivity contribution in [2.45, 2.75) is 53.9 Å². The van der Waals surface area contributed by atoms with Gasteiger partial charge in [-0.2, -0.15) is 0 Å². The van der Waals surface area contributed by atoms with Gasteiger partial charge in [0.05, 0.1) is 6.61 Å². The molecule has 0 aliphatic heterocycles. The summed E-state index contributed by atoms with van der Waals surface area (Å²) in [6, 6.07) is 24.3. The molecule has 0 aliphatic rings. The zero-order valence-electron chi connectivity index (χ0n) is 19.8. The quantitative estimate of drug-likeness (QED) is 0.443. The Hall–Kier alpha value is -3.30. The monoisotopic (exact) mass is 425 g/mol. The van der Waals surface area contributed by atoms with Crippen molar-refractivity contribution in [3.05, 3.63) is 106 Å². The standard InChI is InChI=1S/C26H23NO.2C2H6/c1-3-21-5-9-23(10-6-21)17-27(18-24-11-7-22(4-2)8-12-24)19-25-13-15-26(20-28)16-14-25;2*1-2/h1-2,5-16,28H,17-20H2;2*1-2H3. The van der Waals surface area contributed by atoms with Crippen molar-refractivity contribution in [1.29, 1.82) is 0 Å². The van der Waals surface area contributed by atoms with Gasteiger partial charge >= 0.3 is 0 Å². The Morgan fingerprint density at radius 1 is 0.562 bits per heavy atom. The SMILES string of the molecule is C#Cc1ccc(CN(Cc2ccc(C#C)cc2)Cc2ccc(CO)cc2)cc1.CC.CC. The number of nitrogens with zero attached hydrogens (tertiary/aromatic N) is 1. The zero-order valence-corrected chi connectivity index (χ0v) is 19.8. The van der Waals surface area contributed by atoms with Crippen LogP contribution in [-0.2, 0) is 26.2 Å². The van der Waals surface area contributed by atoms with E-state index in [0.717, 1.165) is 36.3 Å². The topological polar surface area (TPSA) is 23.5 Å². The van der Waals surface area contributed by atoms with Crippen LogP contribution < -0.4 is 0 Å². The first kappa shape index (κ1) is 26.7. The number of aliphatic hydroxyl groups is 1. The van der Waals surface area contributed by atoms with Gasteiger partial charge in [-0.3, -0.25) is 4.90 Å². The van der Waals surface area contributed by atoms with E-state index in [1.165, 1.54) is 16.7 Å². The third kappa shape index (κ3) is 8.83. The summed E-state index contributed by atoms with van der Waals surface area (Å²) in [7, 11) is 0. The Kier molecular flexibility index (Phi) is 12.9. The minimum Gasteiger partial charge on any atom is -0.392 e. The van der Waals surface area contributed by atoms with Crippen LogP contribution >= 0.6 is 0 Å². The summed E-state index contributed by atoms with van der Waals surface area (Å²) in [5.74, 6) is 5.32. The van der Waals surface area contributed by atoms with E-state index in [1.54, 1.807) is 0 Å². The Morgan fingerprint density at radius 2 is 0.844 bits per heavy atom. The predicted molar refractivity (Wildman–Crippen MR) is 137 cm³/mol. The van der Waals surface area contributed by atoms with E-state index in [4.69, 9.17) is 12.8 Å². The summed E-state index contributed by atoms with van der Waals surface area (Å²) >= 11 is 0. The minimum absolute atomic E-state index is 0.0625. The molecule has 0 saturated heterocycles. The van der Waals surface area contributed by atoms with Crippen molar-refractivity contribution in [2.75, 3.05) is 0 Å². The highest BCUT2D eigenvalue weighted by Crippen LogP contribution is 2.16. The van der Waals surface area contributed by atoms with Crippen LogP contribution in [0.1, 0.15) is 61.1 Å². The number of benzene rings is 3. The molecule has 0 atom stereocenters. The van der Waals surface area contributed by atoms with Crippen molar-refractivity contribution in [1.82, 2.24) is 4.90 Å². The van der Waals surface area contributed by atoms with Crippen LogP contribution in [0, 0.1) is 24.7 Å². The second kappa shape index (κ2) is 15.5. The lowest BCUT2D eigenvalue weighted by atomic mass is 10.1. The van der Waals surface area contributed by atoms with Crippen molar-refractivity contribution in [2.24, 2.45) is 0 Å². The minimum atomic E-state index is 0.0625. The van der Waals surface area contributed by atoms with Gasteiger partial charge in [0.1, 0.15) is 0 Å². The number of terminal acetylenes is 2. The summed E-state index contributed by atoms with van der Waals surface area (Å²) in [6.07, 6.45) is 10.9. The molecule has 0 aliphatic carbocycles. The first-order valence-electron chi connectivity index (χ1n) is 11.2. The molecule has 0 saturated carbocycles. The van der Waals surface area contributed by atoms with Crippen molar-refractivity contribution in [3.63, 3.8) is 0 Å². The van der Waals surface area contributed by atoms with E-state index in [9.17, 15) is 5.11 Å². The van der Waals surface area contributed by atoms with E-state index in [2.05, 4.69) is 53.1 Å². The number of aliphatic hydroxyl groups excluding tert-OH is 1. The third-order valence-electron chi connectivity index (χ3n) is 4.67. The van der Waals surface area contributed by atoms with Gasteiger partial charge in [-0.15, -0.1) is 12.8 Å². The molecule has 0 fully saturated rings. The number of hydrogen-bond donors (Lipinski definition) is 1. The number of hydrogen-bond acceptors (Lipinski definition) is 2. The molecule has 0 spiro atoms. The highest BCUT2D eigenvalue weighted by atomic mass is 16.3. The van der Waals surface area contributed by atoms with Gasteiger partial charge in [0, 0.05) is 30.8 Å². The van der Waals surface area contributed by atoms with Crippen LogP contribution in [0.2, 0.25) is 0 Å². The second-order valence-corrected chi connectivity index (χ2v) is 6.80. The van der Waals surface area contributed by atoms with Gasteiger partial charge in [0.15, 0.2) is 0 Å².